The van der Waals surface area contributed by atoms with Crippen LogP contribution >= 0.6 is 0 Å². The van der Waals surface area contributed by atoms with Crippen LogP contribution in [0, 0.1) is 12.7 Å². The van der Waals surface area contributed by atoms with E-state index < -0.39 is 5.97 Å². The Labute approximate surface area is 142 Å². The molecule has 0 saturated carbocycles. The molecule has 0 fully saturated rings. The number of nitrogens with zero attached hydrogens (tertiary/aromatic N) is 1. The van der Waals surface area contributed by atoms with Crippen LogP contribution in [0.15, 0.2) is 41.1 Å². The van der Waals surface area contributed by atoms with Crippen LogP contribution in [0.1, 0.15) is 39.0 Å². The molecule has 3 aromatic rings. The predicted octanol–water partition coefficient (Wildman–Crippen LogP) is 3.68. The molecule has 0 aliphatic heterocycles. The number of Topliss-reactive ketones (excluding diaryl/α,β-unsaturated/α-hetero) is 1. The van der Waals surface area contributed by atoms with Crippen LogP contribution in [-0.2, 0) is 11.3 Å². The van der Waals surface area contributed by atoms with Crippen molar-refractivity contribution in [1.82, 2.24) is 10.1 Å². The van der Waals surface area contributed by atoms with Crippen molar-refractivity contribution in [3.8, 4) is 11.3 Å². The maximum Gasteiger partial charge on any atom is 0.355 e. The zero-order valence-electron chi connectivity index (χ0n) is 13.6. The van der Waals surface area contributed by atoms with Gasteiger partial charge in [-0.2, -0.15) is 0 Å². The highest BCUT2D eigenvalue weighted by Gasteiger charge is 2.17. The number of aromatic amines is 1. The minimum atomic E-state index is -0.599. The molecule has 2 aromatic heterocycles. The van der Waals surface area contributed by atoms with E-state index in [0.29, 0.717) is 28.1 Å². The second-order valence-electron chi connectivity index (χ2n) is 5.52. The van der Waals surface area contributed by atoms with E-state index in [0.717, 1.165) is 0 Å². The third-order valence-corrected chi connectivity index (χ3v) is 3.78. The van der Waals surface area contributed by atoms with Crippen LogP contribution in [0.3, 0.4) is 0 Å². The summed E-state index contributed by atoms with van der Waals surface area (Å²) >= 11 is 0. The Balaban J connectivity index is 1.70. The molecular weight excluding hydrogens is 327 g/mol. The molecule has 128 valence electrons. The van der Waals surface area contributed by atoms with Gasteiger partial charge in [0.25, 0.3) is 0 Å². The van der Waals surface area contributed by atoms with Gasteiger partial charge in [0, 0.05) is 22.9 Å². The molecule has 0 aliphatic carbocycles. The van der Waals surface area contributed by atoms with Crippen molar-refractivity contribution in [2.24, 2.45) is 0 Å². The summed E-state index contributed by atoms with van der Waals surface area (Å²) in [6.45, 7) is 3.11. The van der Waals surface area contributed by atoms with Gasteiger partial charge < -0.3 is 14.2 Å². The van der Waals surface area contributed by atoms with Crippen LogP contribution in [-0.4, -0.2) is 21.9 Å². The number of ketones is 1. The number of rotatable bonds is 5. The van der Waals surface area contributed by atoms with Crippen molar-refractivity contribution >= 4 is 11.8 Å². The molecule has 0 aliphatic rings. The van der Waals surface area contributed by atoms with Crippen LogP contribution in [0.4, 0.5) is 4.39 Å². The summed E-state index contributed by atoms with van der Waals surface area (Å²) in [4.78, 5) is 26.0. The molecule has 2 heterocycles. The van der Waals surface area contributed by atoms with E-state index in [-0.39, 0.29) is 23.9 Å². The number of halogens is 1. The fourth-order valence-electron chi connectivity index (χ4n) is 2.30. The Morgan fingerprint density at radius 2 is 2.00 bits per heavy atom. The number of hydrogen-bond donors (Lipinski definition) is 1. The number of carbonyl (C=O) groups excluding carboxylic acids is 2. The first-order chi connectivity index (χ1) is 12.0. The molecule has 6 nitrogen and oxygen atoms in total. The second kappa shape index (κ2) is 6.72. The highest BCUT2D eigenvalue weighted by atomic mass is 19.1. The lowest BCUT2D eigenvalue weighted by Crippen LogP contribution is -2.06. The molecule has 7 heteroatoms. The van der Waals surface area contributed by atoms with Gasteiger partial charge in [0.2, 0.25) is 0 Å². The lowest BCUT2D eigenvalue weighted by Gasteiger charge is -2.01. The van der Waals surface area contributed by atoms with Crippen molar-refractivity contribution in [1.29, 1.82) is 0 Å². The number of hydrogen-bond acceptors (Lipinski definition) is 5. The van der Waals surface area contributed by atoms with Crippen LogP contribution in [0.2, 0.25) is 0 Å². The number of benzene rings is 1. The topological polar surface area (TPSA) is 85.2 Å². The van der Waals surface area contributed by atoms with Crippen LogP contribution < -0.4 is 0 Å². The van der Waals surface area contributed by atoms with E-state index in [4.69, 9.17) is 9.26 Å². The third kappa shape index (κ3) is 3.50. The Morgan fingerprint density at radius 1 is 1.28 bits per heavy atom. The number of aromatic nitrogens is 2. The van der Waals surface area contributed by atoms with Gasteiger partial charge in [0.05, 0.1) is 0 Å². The first kappa shape index (κ1) is 16.6. The summed E-state index contributed by atoms with van der Waals surface area (Å²) < 4.78 is 23.5. The van der Waals surface area contributed by atoms with Gasteiger partial charge in [0.1, 0.15) is 23.8 Å². The van der Waals surface area contributed by atoms with Gasteiger partial charge >= 0.3 is 5.97 Å². The first-order valence-electron chi connectivity index (χ1n) is 7.53. The molecule has 1 N–H and O–H groups in total. The Hall–Kier alpha value is -3.22. The second-order valence-corrected chi connectivity index (χ2v) is 5.52. The Bertz CT molecular complexity index is 925. The molecule has 0 amide bonds. The van der Waals surface area contributed by atoms with Crippen molar-refractivity contribution in [3.05, 3.63) is 64.9 Å². The molecule has 0 spiro atoms. The maximum atomic E-state index is 13.0. The fraction of sp³-hybridized carbons (Fsp3) is 0.167. The summed E-state index contributed by atoms with van der Waals surface area (Å²) in [6, 6.07) is 7.26. The summed E-state index contributed by atoms with van der Waals surface area (Å²) in [5.74, 6) is -0.597. The van der Waals surface area contributed by atoms with Gasteiger partial charge in [-0.3, -0.25) is 4.79 Å². The lowest BCUT2D eigenvalue weighted by molar-refractivity contribution is 0.0457. The van der Waals surface area contributed by atoms with Crippen molar-refractivity contribution in [2.45, 2.75) is 20.5 Å². The van der Waals surface area contributed by atoms with E-state index in [1.165, 1.54) is 31.3 Å². The highest BCUT2D eigenvalue weighted by molar-refractivity contribution is 5.97. The number of carbonyl (C=O) groups is 2. The Morgan fingerprint density at radius 3 is 2.64 bits per heavy atom. The highest BCUT2D eigenvalue weighted by Crippen LogP contribution is 2.26. The normalized spacial score (nSPS) is 10.7. The number of nitrogens with one attached hydrogen (secondary N) is 1. The van der Waals surface area contributed by atoms with Gasteiger partial charge in [0.15, 0.2) is 11.5 Å². The average Bonchev–Trinajstić information content (AvgIpc) is 3.21. The summed E-state index contributed by atoms with van der Waals surface area (Å²) in [7, 11) is 0. The quantitative estimate of drug-likeness (QED) is 0.565. The first-order valence-corrected chi connectivity index (χ1v) is 7.53. The van der Waals surface area contributed by atoms with Gasteiger partial charge in [-0.15, -0.1) is 0 Å². The van der Waals surface area contributed by atoms with E-state index >= 15 is 0 Å². The van der Waals surface area contributed by atoms with Crippen molar-refractivity contribution in [2.75, 3.05) is 0 Å². The van der Waals surface area contributed by atoms with Crippen LogP contribution in [0.5, 0.6) is 0 Å². The SMILES string of the molecule is CC(=O)c1c[nH]c(C(=O)OCc2noc(-c3ccc(F)cc3)c2C)c1. The Kier molecular flexibility index (Phi) is 4.47. The monoisotopic (exact) mass is 342 g/mol. The van der Waals surface area contributed by atoms with Crippen LogP contribution in [0.25, 0.3) is 11.3 Å². The van der Waals surface area contributed by atoms with E-state index in [9.17, 15) is 14.0 Å². The molecule has 25 heavy (non-hydrogen) atoms. The van der Waals surface area contributed by atoms with Crippen molar-refractivity contribution in [3.63, 3.8) is 0 Å². The zero-order valence-corrected chi connectivity index (χ0v) is 13.6. The zero-order chi connectivity index (χ0) is 18.0. The van der Waals surface area contributed by atoms with E-state index in [2.05, 4.69) is 10.1 Å². The fourth-order valence-corrected chi connectivity index (χ4v) is 2.30. The van der Waals surface area contributed by atoms with Gasteiger partial charge in [-0.1, -0.05) is 5.16 Å². The van der Waals surface area contributed by atoms with Gasteiger partial charge in [-0.25, -0.2) is 9.18 Å². The number of esters is 1. The standard InChI is InChI=1S/C18H15FN2O4/c1-10-16(21-25-17(10)12-3-5-14(19)6-4-12)9-24-18(23)15-7-13(8-20-15)11(2)22/h3-8,20H,9H2,1-2H3. The average molecular weight is 342 g/mol. The minimum absolute atomic E-state index is 0.0796. The third-order valence-electron chi connectivity index (χ3n) is 3.78. The van der Waals surface area contributed by atoms with E-state index in [1.807, 2.05) is 0 Å². The lowest BCUT2D eigenvalue weighted by atomic mass is 10.1. The van der Waals surface area contributed by atoms with E-state index in [1.54, 1.807) is 19.1 Å². The smallest absolute Gasteiger partial charge is 0.355 e. The molecule has 0 saturated heterocycles. The predicted molar refractivity (Wildman–Crippen MR) is 86.6 cm³/mol. The largest absolute Gasteiger partial charge is 0.454 e. The molecule has 0 bridgehead atoms. The molecular formula is C18H15FN2O4. The van der Waals surface area contributed by atoms with Crippen molar-refractivity contribution < 1.29 is 23.2 Å². The summed E-state index contributed by atoms with van der Waals surface area (Å²) in [6.07, 6.45) is 1.45. The summed E-state index contributed by atoms with van der Waals surface area (Å²) in [5.41, 5.74) is 2.44. The molecule has 1 aromatic carbocycles. The summed E-state index contributed by atoms with van der Waals surface area (Å²) in [5, 5.41) is 3.90. The number of ether oxygens (including phenoxy) is 1. The van der Waals surface area contributed by atoms with Gasteiger partial charge in [-0.05, 0) is 44.2 Å². The molecule has 0 unspecified atom stereocenters. The number of H-pyrrole nitrogens is 1. The molecule has 0 atom stereocenters. The molecule has 3 rings (SSSR count). The molecule has 0 radical (unpaired) electrons. The minimum Gasteiger partial charge on any atom is -0.454 e. The maximum absolute atomic E-state index is 13.0.